The number of thioether (sulfide) groups is 1. The summed E-state index contributed by atoms with van der Waals surface area (Å²) in [4.78, 5) is 12.4. The van der Waals surface area contributed by atoms with E-state index >= 15 is 0 Å². The van der Waals surface area contributed by atoms with Gasteiger partial charge in [-0.3, -0.25) is 0 Å². The quantitative estimate of drug-likeness (QED) is 0.565. The smallest absolute Gasteiger partial charge is 0.135 e. The lowest BCUT2D eigenvalue weighted by Gasteiger charge is -2.14. The molecular formula is C10H8OS. The van der Waals surface area contributed by atoms with Gasteiger partial charge in [-0.2, -0.15) is 0 Å². The van der Waals surface area contributed by atoms with Gasteiger partial charge >= 0.3 is 0 Å². The fraction of sp³-hybridized carbons (Fsp3) is 0.200. The third-order valence-corrected chi connectivity index (χ3v) is 3.09. The van der Waals surface area contributed by atoms with Crippen LogP contribution in [0.15, 0.2) is 34.1 Å². The van der Waals surface area contributed by atoms with Crippen LogP contribution < -0.4 is 0 Å². The molecule has 0 N–H and O–H groups in total. The van der Waals surface area contributed by atoms with Crippen LogP contribution in [0.3, 0.4) is 0 Å². The van der Waals surface area contributed by atoms with Crippen molar-refractivity contribution in [2.24, 2.45) is 0 Å². The molecule has 0 unspecified atom stereocenters. The molecule has 1 aliphatic heterocycles. The van der Waals surface area contributed by atoms with Crippen molar-refractivity contribution in [2.75, 3.05) is 0 Å². The van der Waals surface area contributed by atoms with Crippen molar-refractivity contribution < 1.29 is 4.79 Å². The van der Waals surface area contributed by atoms with Crippen LogP contribution in [0.2, 0.25) is 0 Å². The van der Waals surface area contributed by atoms with E-state index < -0.39 is 0 Å². The molecule has 0 saturated heterocycles. The highest BCUT2D eigenvalue weighted by atomic mass is 32.2. The van der Waals surface area contributed by atoms with Crippen molar-refractivity contribution in [1.82, 2.24) is 0 Å². The van der Waals surface area contributed by atoms with Crippen LogP contribution >= 0.6 is 11.8 Å². The minimum absolute atomic E-state index is 0.828. The molecule has 60 valence electrons. The summed E-state index contributed by atoms with van der Waals surface area (Å²) in [6, 6.07) is 8.20. The highest BCUT2D eigenvalue weighted by molar-refractivity contribution is 8.03. The Morgan fingerprint density at radius 3 is 2.92 bits per heavy atom. The Hall–Kier alpha value is -0.980. The topological polar surface area (TPSA) is 17.1 Å². The van der Waals surface area contributed by atoms with Crippen LogP contribution in [0.5, 0.6) is 0 Å². The summed E-state index contributed by atoms with van der Waals surface area (Å²) in [7, 11) is 0. The fourth-order valence-electron chi connectivity index (χ4n) is 1.31. The van der Waals surface area contributed by atoms with Crippen LogP contribution in [0.25, 0.3) is 0 Å². The summed E-state index contributed by atoms with van der Waals surface area (Å²) < 4.78 is 0. The largest absolute Gasteiger partial charge is 0.233 e. The zero-order chi connectivity index (χ0) is 8.39. The van der Waals surface area contributed by atoms with Gasteiger partial charge in [-0.25, -0.2) is 4.79 Å². The Morgan fingerprint density at radius 2 is 2.08 bits per heavy atom. The average molecular weight is 176 g/mol. The summed E-state index contributed by atoms with van der Waals surface area (Å²) in [5.41, 5.74) is 1.35. The highest BCUT2D eigenvalue weighted by Gasteiger charge is 2.12. The maximum Gasteiger partial charge on any atom is 0.135 e. The van der Waals surface area contributed by atoms with Crippen molar-refractivity contribution in [1.29, 1.82) is 0 Å². The summed E-state index contributed by atoms with van der Waals surface area (Å²) in [5, 5.41) is 0. The summed E-state index contributed by atoms with van der Waals surface area (Å²) >= 11 is 1.55. The van der Waals surface area contributed by atoms with E-state index in [1.807, 2.05) is 18.1 Å². The number of hydrogen-bond donors (Lipinski definition) is 0. The molecule has 1 aromatic rings. The molecule has 0 aromatic heterocycles. The molecule has 2 heteroatoms. The van der Waals surface area contributed by atoms with Crippen molar-refractivity contribution in [2.45, 2.75) is 17.7 Å². The molecule has 0 fully saturated rings. The first-order valence-electron chi connectivity index (χ1n) is 3.90. The normalized spacial score (nSPS) is 15.2. The van der Waals surface area contributed by atoms with Gasteiger partial charge in [0.1, 0.15) is 5.94 Å². The average Bonchev–Trinajstić information content (AvgIpc) is 2.17. The molecule has 12 heavy (non-hydrogen) atoms. The Morgan fingerprint density at radius 1 is 1.25 bits per heavy atom. The first kappa shape index (κ1) is 7.66. The first-order valence-corrected chi connectivity index (χ1v) is 4.71. The van der Waals surface area contributed by atoms with Crippen molar-refractivity contribution in [3.63, 3.8) is 0 Å². The van der Waals surface area contributed by atoms with E-state index in [4.69, 9.17) is 0 Å². The molecule has 0 amide bonds. The Kier molecular flexibility index (Phi) is 2.03. The zero-order valence-electron chi connectivity index (χ0n) is 6.54. The van der Waals surface area contributed by atoms with Gasteiger partial charge in [0.2, 0.25) is 0 Å². The van der Waals surface area contributed by atoms with Crippen molar-refractivity contribution in [3.8, 4) is 0 Å². The first-order chi connectivity index (χ1) is 5.90. The third-order valence-electron chi connectivity index (χ3n) is 1.94. The van der Waals surface area contributed by atoms with Gasteiger partial charge in [0.15, 0.2) is 0 Å². The van der Waals surface area contributed by atoms with Crippen LogP contribution in [-0.2, 0) is 11.2 Å². The lowest BCUT2D eigenvalue weighted by atomic mass is 10.1. The standard InChI is InChI=1S/C10H8OS/c11-7-9-6-5-8-3-1-2-4-10(8)12-9/h1-4H,5-6H2. The van der Waals surface area contributed by atoms with Crippen LogP contribution in [0.1, 0.15) is 12.0 Å². The molecule has 1 aromatic carbocycles. The number of fused-ring (bicyclic) bond motifs is 1. The minimum Gasteiger partial charge on any atom is -0.233 e. The zero-order valence-corrected chi connectivity index (χ0v) is 7.36. The lowest BCUT2D eigenvalue weighted by Crippen LogP contribution is -1.96. The van der Waals surface area contributed by atoms with Gasteiger partial charge in [-0.05, 0) is 24.5 Å². The fourth-order valence-corrected chi connectivity index (χ4v) is 2.27. The molecule has 0 saturated carbocycles. The molecule has 0 radical (unpaired) electrons. The predicted octanol–water partition coefficient (Wildman–Crippen LogP) is 2.44. The summed E-state index contributed by atoms with van der Waals surface area (Å²) in [6.45, 7) is 0. The number of carbonyl (C=O) groups excluding carboxylic acids is 1. The molecule has 0 aliphatic carbocycles. The monoisotopic (exact) mass is 176 g/mol. The molecular weight excluding hydrogens is 168 g/mol. The van der Waals surface area contributed by atoms with E-state index in [9.17, 15) is 4.79 Å². The van der Waals surface area contributed by atoms with E-state index in [0.717, 1.165) is 17.7 Å². The highest BCUT2D eigenvalue weighted by Crippen LogP contribution is 2.35. The number of rotatable bonds is 0. The summed E-state index contributed by atoms with van der Waals surface area (Å²) in [5.74, 6) is 1.97. The Labute approximate surface area is 75.5 Å². The summed E-state index contributed by atoms with van der Waals surface area (Å²) in [6.07, 6.45) is 1.83. The third kappa shape index (κ3) is 1.31. The molecule has 2 rings (SSSR count). The molecule has 1 aliphatic rings. The van der Waals surface area contributed by atoms with Crippen LogP contribution in [-0.4, -0.2) is 5.94 Å². The molecule has 0 atom stereocenters. The number of hydrogen-bond acceptors (Lipinski definition) is 2. The van der Waals surface area contributed by atoms with Gasteiger partial charge in [-0.1, -0.05) is 30.0 Å². The number of allylic oxidation sites excluding steroid dienone is 1. The van der Waals surface area contributed by atoms with E-state index in [0.29, 0.717) is 0 Å². The van der Waals surface area contributed by atoms with Crippen LogP contribution in [0, 0.1) is 0 Å². The van der Waals surface area contributed by atoms with Gasteiger partial charge in [0.05, 0.1) is 4.91 Å². The van der Waals surface area contributed by atoms with Crippen molar-refractivity contribution >= 4 is 17.7 Å². The number of aryl methyl sites for hydroxylation is 1. The Balaban J connectivity index is 2.41. The maximum atomic E-state index is 10.4. The minimum atomic E-state index is 0.828. The van der Waals surface area contributed by atoms with Gasteiger partial charge in [-0.15, -0.1) is 0 Å². The van der Waals surface area contributed by atoms with Crippen molar-refractivity contribution in [3.05, 3.63) is 34.7 Å². The van der Waals surface area contributed by atoms with E-state index in [-0.39, 0.29) is 0 Å². The second-order valence-corrected chi connectivity index (χ2v) is 3.87. The molecule has 0 bridgehead atoms. The second-order valence-electron chi connectivity index (χ2n) is 2.74. The van der Waals surface area contributed by atoms with Gasteiger partial charge in [0.25, 0.3) is 0 Å². The number of benzene rings is 1. The van der Waals surface area contributed by atoms with Crippen LogP contribution in [0.4, 0.5) is 0 Å². The van der Waals surface area contributed by atoms with Gasteiger partial charge < -0.3 is 0 Å². The molecule has 0 spiro atoms. The predicted molar refractivity (Wildman–Crippen MR) is 49.8 cm³/mol. The molecule has 1 nitrogen and oxygen atoms in total. The lowest BCUT2D eigenvalue weighted by molar-refractivity contribution is 0.567. The van der Waals surface area contributed by atoms with E-state index in [1.54, 1.807) is 11.8 Å². The second kappa shape index (κ2) is 3.18. The maximum absolute atomic E-state index is 10.4. The van der Waals surface area contributed by atoms with Gasteiger partial charge in [0, 0.05) is 4.90 Å². The van der Waals surface area contributed by atoms with E-state index in [1.165, 1.54) is 10.5 Å². The molecule has 1 heterocycles. The SMILES string of the molecule is O=C=C1CCc2ccccc2S1. The van der Waals surface area contributed by atoms with E-state index in [2.05, 4.69) is 12.1 Å². The Bertz CT molecular complexity index is 351.